The predicted octanol–water partition coefficient (Wildman–Crippen LogP) is 3.36. The maximum atomic E-state index is 12.1. The van der Waals surface area contributed by atoms with Crippen LogP contribution in [0.2, 0.25) is 0 Å². The Morgan fingerprint density at radius 3 is 2.62 bits per heavy atom. The van der Waals surface area contributed by atoms with Crippen molar-refractivity contribution in [2.75, 3.05) is 31.1 Å². The molecule has 0 bridgehead atoms. The topological polar surface area (TPSA) is 24.5 Å². The summed E-state index contributed by atoms with van der Waals surface area (Å²) in [7, 11) is 0. The van der Waals surface area contributed by atoms with Gasteiger partial charge < -0.3 is 15.0 Å². The minimum Gasteiger partial charge on any atom is -0.435 e. The largest absolute Gasteiger partial charge is 0.435 e. The Labute approximate surface area is 125 Å². The van der Waals surface area contributed by atoms with E-state index in [4.69, 9.17) is 0 Å². The van der Waals surface area contributed by atoms with E-state index in [-0.39, 0.29) is 5.75 Å². The molecule has 0 aliphatic carbocycles. The molecule has 1 heterocycles. The van der Waals surface area contributed by atoms with Crippen LogP contribution in [0.25, 0.3) is 0 Å². The number of nitrogens with one attached hydrogen (secondary N) is 1. The summed E-state index contributed by atoms with van der Waals surface area (Å²) in [5, 5.41) is 3.50. The van der Waals surface area contributed by atoms with Crippen molar-refractivity contribution >= 4 is 5.69 Å². The highest BCUT2D eigenvalue weighted by Gasteiger charge is 2.22. The Morgan fingerprint density at radius 1 is 1.29 bits per heavy atom. The number of rotatable bonds is 7. The molecule has 1 saturated heterocycles. The standard InChI is InChI=1S/C16H24F2N2O/c1-12(2)9-19-10-13-7-8-20(11-13)14-3-5-15(6-4-14)21-16(17)18/h3-6,12-13,16,19H,7-11H2,1-2H3. The number of nitrogens with zero attached hydrogens (tertiary/aromatic N) is 1. The van der Waals surface area contributed by atoms with Gasteiger partial charge in [-0.05, 0) is 55.6 Å². The first-order valence-electron chi connectivity index (χ1n) is 7.55. The average molecular weight is 298 g/mol. The van der Waals surface area contributed by atoms with E-state index in [1.165, 1.54) is 6.42 Å². The molecule has 1 atom stereocenters. The smallest absolute Gasteiger partial charge is 0.387 e. The van der Waals surface area contributed by atoms with Gasteiger partial charge in [-0.1, -0.05) is 13.8 Å². The third kappa shape index (κ3) is 5.16. The van der Waals surface area contributed by atoms with Crippen LogP contribution in [0.5, 0.6) is 5.75 Å². The molecule has 0 radical (unpaired) electrons. The van der Waals surface area contributed by atoms with Crippen molar-refractivity contribution in [1.29, 1.82) is 0 Å². The first-order chi connectivity index (χ1) is 10.0. The molecular formula is C16H24F2N2O. The van der Waals surface area contributed by atoms with Gasteiger partial charge in [0, 0.05) is 18.8 Å². The van der Waals surface area contributed by atoms with Crippen LogP contribution in [0.1, 0.15) is 20.3 Å². The Morgan fingerprint density at radius 2 is 2.00 bits per heavy atom. The lowest BCUT2D eigenvalue weighted by molar-refractivity contribution is -0.0498. The Hall–Kier alpha value is -1.36. The Kier molecular flexibility index (Phi) is 5.79. The number of anilines is 1. The van der Waals surface area contributed by atoms with Gasteiger partial charge in [-0.2, -0.15) is 8.78 Å². The van der Waals surface area contributed by atoms with Crippen LogP contribution in [0.3, 0.4) is 0 Å². The third-order valence-corrected chi connectivity index (χ3v) is 3.70. The van der Waals surface area contributed by atoms with Crippen LogP contribution in [-0.4, -0.2) is 32.8 Å². The van der Waals surface area contributed by atoms with Crippen molar-refractivity contribution in [3.8, 4) is 5.75 Å². The number of alkyl halides is 2. The van der Waals surface area contributed by atoms with E-state index in [0.717, 1.165) is 31.9 Å². The zero-order valence-electron chi connectivity index (χ0n) is 12.7. The highest BCUT2D eigenvalue weighted by Crippen LogP contribution is 2.26. The summed E-state index contributed by atoms with van der Waals surface area (Å²) in [4.78, 5) is 2.30. The molecule has 2 rings (SSSR count). The SMILES string of the molecule is CC(C)CNCC1CCN(c2ccc(OC(F)F)cc2)C1. The van der Waals surface area contributed by atoms with Crippen molar-refractivity contribution in [3.63, 3.8) is 0 Å². The van der Waals surface area contributed by atoms with Crippen LogP contribution >= 0.6 is 0 Å². The molecule has 0 amide bonds. The summed E-state index contributed by atoms with van der Waals surface area (Å²) in [6, 6.07) is 6.90. The van der Waals surface area contributed by atoms with Crippen LogP contribution in [0.15, 0.2) is 24.3 Å². The maximum Gasteiger partial charge on any atom is 0.387 e. The summed E-state index contributed by atoms with van der Waals surface area (Å²) in [6.45, 7) is 5.77. The number of benzene rings is 1. The maximum absolute atomic E-state index is 12.1. The van der Waals surface area contributed by atoms with Gasteiger partial charge >= 0.3 is 6.61 Å². The minimum atomic E-state index is -2.76. The van der Waals surface area contributed by atoms with Gasteiger partial charge in [0.05, 0.1) is 0 Å². The van der Waals surface area contributed by atoms with Gasteiger partial charge in [0.1, 0.15) is 5.75 Å². The first kappa shape index (κ1) is 16.0. The molecule has 1 aromatic carbocycles. The molecule has 1 fully saturated rings. The van der Waals surface area contributed by atoms with Gasteiger partial charge in [0.25, 0.3) is 0 Å². The molecule has 0 spiro atoms. The molecule has 0 aromatic heterocycles. The van der Waals surface area contributed by atoms with E-state index in [2.05, 4.69) is 28.8 Å². The third-order valence-electron chi connectivity index (χ3n) is 3.70. The van der Waals surface area contributed by atoms with Gasteiger partial charge in [-0.3, -0.25) is 0 Å². The highest BCUT2D eigenvalue weighted by molar-refractivity contribution is 5.49. The van der Waals surface area contributed by atoms with Crippen LogP contribution in [0.4, 0.5) is 14.5 Å². The van der Waals surface area contributed by atoms with Crippen molar-refractivity contribution in [2.24, 2.45) is 11.8 Å². The normalized spacial score (nSPS) is 18.8. The van der Waals surface area contributed by atoms with Gasteiger partial charge in [-0.25, -0.2) is 0 Å². The summed E-state index contributed by atoms with van der Waals surface area (Å²) >= 11 is 0. The lowest BCUT2D eigenvalue weighted by Gasteiger charge is -2.19. The van der Waals surface area contributed by atoms with Crippen LogP contribution < -0.4 is 15.0 Å². The van der Waals surface area contributed by atoms with Crippen molar-refractivity contribution in [1.82, 2.24) is 5.32 Å². The van der Waals surface area contributed by atoms with Crippen molar-refractivity contribution in [3.05, 3.63) is 24.3 Å². The number of hydrogen-bond acceptors (Lipinski definition) is 3. The first-order valence-corrected chi connectivity index (χ1v) is 7.55. The second kappa shape index (κ2) is 7.59. The molecule has 21 heavy (non-hydrogen) atoms. The van der Waals surface area contributed by atoms with E-state index in [1.54, 1.807) is 12.1 Å². The molecular weight excluding hydrogens is 274 g/mol. The van der Waals surface area contributed by atoms with Crippen molar-refractivity contribution in [2.45, 2.75) is 26.9 Å². The molecule has 1 N–H and O–H groups in total. The molecule has 1 aliphatic heterocycles. The monoisotopic (exact) mass is 298 g/mol. The number of ether oxygens (including phenoxy) is 1. The second-order valence-electron chi connectivity index (χ2n) is 6.03. The molecule has 0 saturated carbocycles. The lowest BCUT2D eigenvalue weighted by Crippen LogP contribution is -2.28. The fraction of sp³-hybridized carbons (Fsp3) is 0.625. The molecule has 5 heteroatoms. The van der Waals surface area contributed by atoms with E-state index < -0.39 is 6.61 Å². The predicted molar refractivity (Wildman–Crippen MR) is 81.1 cm³/mol. The quantitative estimate of drug-likeness (QED) is 0.835. The van der Waals surface area contributed by atoms with E-state index >= 15 is 0 Å². The molecule has 1 unspecified atom stereocenters. The molecule has 118 valence electrons. The fourth-order valence-electron chi connectivity index (χ4n) is 2.65. The highest BCUT2D eigenvalue weighted by atomic mass is 19.3. The van der Waals surface area contributed by atoms with Crippen molar-refractivity contribution < 1.29 is 13.5 Å². The fourth-order valence-corrected chi connectivity index (χ4v) is 2.65. The number of halogens is 2. The Balaban J connectivity index is 1.80. The van der Waals surface area contributed by atoms with E-state index in [0.29, 0.717) is 11.8 Å². The molecule has 1 aromatic rings. The zero-order valence-corrected chi connectivity index (χ0v) is 12.7. The summed E-state index contributed by atoms with van der Waals surface area (Å²) in [5.74, 6) is 1.54. The lowest BCUT2D eigenvalue weighted by atomic mass is 10.1. The van der Waals surface area contributed by atoms with E-state index in [9.17, 15) is 8.78 Å². The minimum absolute atomic E-state index is 0.211. The molecule has 1 aliphatic rings. The zero-order chi connectivity index (χ0) is 15.2. The number of hydrogen-bond donors (Lipinski definition) is 1. The van der Waals surface area contributed by atoms with Gasteiger partial charge in [0.2, 0.25) is 0 Å². The summed E-state index contributed by atoms with van der Waals surface area (Å²) in [6.07, 6.45) is 1.17. The van der Waals surface area contributed by atoms with Gasteiger partial charge in [-0.15, -0.1) is 0 Å². The Bertz CT molecular complexity index is 423. The van der Waals surface area contributed by atoms with Gasteiger partial charge in [0.15, 0.2) is 0 Å². The molecule has 3 nitrogen and oxygen atoms in total. The summed E-state index contributed by atoms with van der Waals surface area (Å²) in [5.41, 5.74) is 1.07. The van der Waals surface area contributed by atoms with Crippen LogP contribution in [-0.2, 0) is 0 Å². The van der Waals surface area contributed by atoms with Crippen LogP contribution in [0, 0.1) is 11.8 Å². The average Bonchev–Trinajstić information content (AvgIpc) is 2.87. The second-order valence-corrected chi connectivity index (χ2v) is 6.03. The van der Waals surface area contributed by atoms with E-state index in [1.807, 2.05) is 12.1 Å². The summed E-state index contributed by atoms with van der Waals surface area (Å²) < 4.78 is 28.6.